The van der Waals surface area contributed by atoms with Crippen LogP contribution in [0.25, 0.3) is 0 Å². The van der Waals surface area contributed by atoms with Crippen LogP contribution in [-0.4, -0.2) is 36.6 Å². The second-order valence-corrected chi connectivity index (χ2v) is 6.30. The molecule has 0 spiro atoms. The van der Waals surface area contributed by atoms with E-state index >= 15 is 0 Å². The van der Waals surface area contributed by atoms with Crippen LogP contribution in [0.2, 0.25) is 0 Å². The minimum atomic E-state index is -0.178. The first-order chi connectivity index (χ1) is 10.2. The molecule has 1 N–H and O–H groups in total. The van der Waals surface area contributed by atoms with Crippen molar-refractivity contribution in [3.63, 3.8) is 0 Å². The molecular weight excluding hydrogens is 334 g/mol. The van der Waals surface area contributed by atoms with Crippen molar-refractivity contribution in [2.45, 2.75) is 30.7 Å². The number of halogens is 1. The predicted molar refractivity (Wildman–Crippen MR) is 84.0 cm³/mol. The van der Waals surface area contributed by atoms with E-state index in [0.29, 0.717) is 19.8 Å². The molecule has 1 unspecified atom stereocenters. The van der Waals surface area contributed by atoms with Crippen molar-refractivity contribution in [3.05, 3.63) is 29.8 Å². The summed E-state index contributed by atoms with van der Waals surface area (Å²) in [4.78, 5) is 12.8. The lowest BCUT2D eigenvalue weighted by Gasteiger charge is -2.38. The van der Waals surface area contributed by atoms with Gasteiger partial charge in [-0.05, 0) is 25.3 Å². The normalized spacial score (nSPS) is 23.8. The Kier molecular flexibility index (Phi) is 4.50. The van der Waals surface area contributed by atoms with Gasteiger partial charge in [0, 0.05) is 24.1 Å². The SMILES string of the molecule is O=C(NC1(CBr)CCOCC1)C1CCOc2ccccc21. The van der Waals surface area contributed by atoms with E-state index in [4.69, 9.17) is 9.47 Å². The van der Waals surface area contributed by atoms with Crippen molar-refractivity contribution in [2.24, 2.45) is 0 Å². The third-order valence-electron chi connectivity index (χ3n) is 4.37. The molecule has 3 rings (SSSR count). The van der Waals surface area contributed by atoms with Gasteiger partial charge >= 0.3 is 0 Å². The molecule has 2 aliphatic heterocycles. The Bertz CT molecular complexity index is 514. The number of para-hydroxylation sites is 1. The summed E-state index contributed by atoms with van der Waals surface area (Å²) < 4.78 is 11.1. The molecule has 5 heteroatoms. The quantitative estimate of drug-likeness (QED) is 0.849. The number of nitrogens with one attached hydrogen (secondary N) is 1. The highest BCUT2D eigenvalue weighted by Crippen LogP contribution is 2.34. The molecule has 0 saturated carbocycles. The standard InChI is InChI=1S/C16H20BrNO3/c17-11-16(6-9-20-10-7-16)18-15(19)13-5-8-21-14-4-2-1-3-12(13)14/h1-4,13H,5-11H2,(H,18,19). The van der Waals surface area contributed by atoms with Crippen LogP contribution in [0.5, 0.6) is 5.75 Å². The number of amides is 1. The van der Waals surface area contributed by atoms with Gasteiger partial charge in [-0.1, -0.05) is 34.1 Å². The van der Waals surface area contributed by atoms with Gasteiger partial charge in [0.05, 0.1) is 18.1 Å². The largest absolute Gasteiger partial charge is 0.493 e. The molecule has 4 nitrogen and oxygen atoms in total. The minimum Gasteiger partial charge on any atom is -0.493 e. The number of ether oxygens (including phenoxy) is 2. The molecule has 1 fully saturated rings. The van der Waals surface area contributed by atoms with Crippen LogP contribution in [0.4, 0.5) is 0 Å². The smallest absolute Gasteiger partial charge is 0.228 e. The Morgan fingerprint density at radius 2 is 2.05 bits per heavy atom. The van der Waals surface area contributed by atoms with E-state index in [1.165, 1.54) is 0 Å². The van der Waals surface area contributed by atoms with Crippen LogP contribution in [0.3, 0.4) is 0 Å². The van der Waals surface area contributed by atoms with Crippen molar-refractivity contribution in [1.29, 1.82) is 0 Å². The Hall–Kier alpha value is -1.07. The van der Waals surface area contributed by atoms with Crippen LogP contribution in [0, 0.1) is 0 Å². The summed E-state index contributed by atoms with van der Waals surface area (Å²) in [5.74, 6) is 0.824. The fourth-order valence-electron chi connectivity index (χ4n) is 3.02. The maximum Gasteiger partial charge on any atom is 0.228 e. The van der Waals surface area contributed by atoms with Gasteiger partial charge in [-0.15, -0.1) is 0 Å². The zero-order chi connectivity index (χ0) is 14.7. The third-order valence-corrected chi connectivity index (χ3v) is 5.44. The first kappa shape index (κ1) is 14.9. The number of hydrogen-bond acceptors (Lipinski definition) is 3. The summed E-state index contributed by atoms with van der Waals surface area (Å²) in [7, 11) is 0. The number of alkyl halides is 1. The van der Waals surface area contributed by atoms with Crippen LogP contribution in [0.15, 0.2) is 24.3 Å². The summed E-state index contributed by atoms with van der Waals surface area (Å²) in [6, 6.07) is 7.83. The summed E-state index contributed by atoms with van der Waals surface area (Å²) in [5.41, 5.74) is 0.820. The molecule has 0 bridgehead atoms. The van der Waals surface area contributed by atoms with Crippen LogP contribution >= 0.6 is 15.9 Å². The second kappa shape index (κ2) is 6.36. The van der Waals surface area contributed by atoms with Gasteiger partial charge in [-0.2, -0.15) is 0 Å². The maximum atomic E-state index is 12.8. The molecule has 2 heterocycles. The highest BCUT2D eigenvalue weighted by Gasteiger charge is 2.36. The van der Waals surface area contributed by atoms with Gasteiger partial charge in [-0.25, -0.2) is 0 Å². The molecule has 1 amide bonds. The molecule has 1 aromatic carbocycles. The van der Waals surface area contributed by atoms with E-state index in [-0.39, 0.29) is 17.4 Å². The number of benzene rings is 1. The number of hydrogen-bond donors (Lipinski definition) is 1. The lowest BCUT2D eigenvalue weighted by molar-refractivity contribution is -0.126. The highest BCUT2D eigenvalue weighted by atomic mass is 79.9. The lowest BCUT2D eigenvalue weighted by atomic mass is 9.88. The number of carbonyl (C=O) groups excluding carboxylic acids is 1. The van der Waals surface area contributed by atoms with E-state index in [9.17, 15) is 4.79 Å². The van der Waals surface area contributed by atoms with Gasteiger partial charge in [0.1, 0.15) is 5.75 Å². The minimum absolute atomic E-state index is 0.104. The van der Waals surface area contributed by atoms with Gasteiger partial charge in [0.2, 0.25) is 5.91 Å². The predicted octanol–water partition coefficient (Wildman–Crippen LogP) is 2.61. The Balaban J connectivity index is 1.77. The fraction of sp³-hybridized carbons (Fsp3) is 0.562. The lowest BCUT2D eigenvalue weighted by Crippen LogP contribution is -2.54. The van der Waals surface area contributed by atoms with Gasteiger partial charge in [0.25, 0.3) is 0 Å². The fourth-order valence-corrected chi connectivity index (χ4v) is 3.72. The maximum absolute atomic E-state index is 12.8. The molecule has 1 atom stereocenters. The molecular formula is C16H20BrNO3. The van der Waals surface area contributed by atoms with E-state index in [0.717, 1.165) is 35.9 Å². The number of fused-ring (bicyclic) bond motifs is 1. The van der Waals surface area contributed by atoms with Crippen LogP contribution in [0.1, 0.15) is 30.7 Å². The molecule has 0 aliphatic carbocycles. The van der Waals surface area contributed by atoms with Gasteiger partial charge in [-0.3, -0.25) is 4.79 Å². The highest BCUT2D eigenvalue weighted by molar-refractivity contribution is 9.09. The van der Waals surface area contributed by atoms with Crippen molar-refractivity contribution in [2.75, 3.05) is 25.2 Å². The first-order valence-corrected chi connectivity index (χ1v) is 8.54. The Morgan fingerprint density at radius 1 is 1.29 bits per heavy atom. The molecule has 114 valence electrons. The molecule has 0 aromatic heterocycles. The second-order valence-electron chi connectivity index (χ2n) is 5.74. The Morgan fingerprint density at radius 3 is 2.81 bits per heavy atom. The van der Waals surface area contributed by atoms with Crippen molar-refractivity contribution >= 4 is 21.8 Å². The van der Waals surface area contributed by atoms with Gasteiger partial charge in [0.15, 0.2) is 0 Å². The average Bonchev–Trinajstić information content (AvgIpc) is 2.55. The van der Waals surface area contributed by atoms with Crippen molar-refractivity contribution in [1.82, 2.24) is 5.32 Å². The van der Waals surface area contributed by atoms with Crippen molar-refractivity contribution < 1.29 is 14.3 Å². The first-order valence-electron chi connectivity index (χ1n) is 7.42. The average molecular weight is 354 g/mol. The van der Waals surface area contributed by atoms with Crippen LogP contribution < -0.4 is 10.1 Å². The van der Waals surface area contributed by atoms with Gasteiger partial charge < -0.3 is 14.8 Å². The topological polar surface area (TPSA) is 47.6 Å². The summed E-state index contributed by atoms with van der Waals surface area (Å²) in [6.45, 7) is 2.01. The van der Waals surface area contributed by atoms with Crippen LogP contribution in [-0.2, 0) is 9.53 Å². The van der Waals surface area contributed by atoms with E-state index < -0.39 is 0 Å². The molecule has 1 saturated heterocycles. The Labute approximate surface area is 133 Å². The van der Waals surface area contributed by atoms with E-state index in [1.54, 1.807) is 0 Å². The summed E-state index contributed by atoms with van der Waals surface area (Å²) in [6.07, 6.45) is 2.45. The zero-order valence-electron chi connectivity index (χ0n) is 11.9. The van der Waals surface area contributed by atoms with Crippen molar-refractivity contribution in [3.8, 4) is 5.75 Å². The monoisotopic (exact) mass is 353 g/mol. The summed E-state index contributed by atoms with van der Waals surface area (Å²) >= 11 is 3.56. The molecule has 2 aliphatic rings. The molecule has 1 aromatic rings. The summed E-state index contributed by atoms with van der Waals surface area (Å²) in [5, 5.41) is 4.04. The molecule has 21 heavy (non-hydrogen) atoms. The molecule has 0 radical (unpaired) electrons. The number of rotatable bonds is 3. The zero-order valence-corrected chi connectivity index (χ0v) is 13.5. The third kappa shape index (κ3) is 3.09. The van der Waals surface area contributed by atoms with E-state index in [1.807, 2.05) is 24.3 Å². The number of carbonyl (C=O) groups is 1. The van der Waals surface area contributed by atoms with E-state index in [2.05, 4.69) is 21.2 Å².